The second-order valence-electron chi connectivity index (χ2n) is 4.43. The maximum atomic E-state index is 10.9. The Hall–Kier alpha value is -1.32. The number of carboxylic acids is 1. The van der Waals surface area contributed by atoms with Crippen molar-refractivity contribution >= 4 is 5.97 Å². The van der Waals surface area contributed by atoms with E-state index in [-0.39, 0.29) is 5.54 Å². The molecule has 0 atom stereocenters. The molecule has 1 rings (SSSR count). The SMILES string of the molecule is Cc1nn(C(C)(C)C)c(C)c1C(=O)O. The molecule has 1 N–H and O–H groups in total. The van der Waals surface area contributed by atoms with Crippen molar-refractivity contribution in [3.63, 3.8) is 0 Å². The lowest BCUT2D eigenvalue weighted by atomic mass is 10.1. The van der Waals surface area contributed by atoms with Crippen LogP contribution in [0.1, 0.15) is 42.5 Å². The van der Waals surface area contributed by atoms with Crippen molar-refractivity contribution in [2.45, 2.75) is 40.2 Å². The Bertz CT molecular complexity index is 372. The summed E-state index contributed by atoms with van der Waals surface area (Å²) >= 11 is 0. The third-order valence-corrected chi connectivity index (χ3v) is 2.14. The first-order valence-electron chi connectivity index (χ1n) is 4.55. The minimum Gasteiger partial charge on any atom is -0.478 e. The van der Waals surface area contributed by atoms with E-state index in [1.54, 1.807) is 18.5 Å². The molecule has 78 valence electrons. The maximum absolute atomic E-state index is 10.9. The van der Waals surface area contributed by atoms with Crippen LogP contribution in [0.25, 0.3) is 0 Å². The van der Waals surface area contributed by atoms with E-state index in [1.165, 1.54) is 0 Å². The zero-order valence-corrected chi connectivity index (χ0v) is 9.25. The summed E-state index contributed by atoms with van der Waals surface area (Å²) in [5.41, 5.74) is 1.43. The van der Waals surface area contributed by atoms with Crippen LogP contribution in [-0.2, 0) is 5.54 Å². The topological polar surface area (TPSA) is 55.1 Å². The van der Waals surface area contributed by atoms with Gasteiger partial charge >= 0.3 is 5.97 Å². The van der Waals surface area contributed by atoms with Crippen LogP contribution in [0.15, 0.2) is 0 Å². The molecular formula is C10H16N2O2. The van der Waals surface area contributed by atoms with Gasteiger partial charge in [0.05, 0.1) is 16.9 Å². The fourth-order valence-electron chi connectivity index (χ4n) is 1.61. The molecule has 1 aromatic rings. The molecule has 14 heavy (non-hydrogen) atoms. The Balaban J connectivity index is 3.39. The normalized spacial score (nSPS) is 11.8. The second kappa shape index (κ2) is 3.12. The third-order valence-electron chi connectivity index (χ3n) is 2.14. The van der Waals surface area contributed by atoms with Gasteiger partial charge in [-0.2, -0.15) is 5.10 Å². The van der Waals surface area contributed by atoms with Gasteiger partial charge in [-0.25, -0.2) is 4.79 Å². The number of hydrogen-bond donors (Lipinski definition) is 1. The van der Waals surface area contributed by atoms with Crippen LogP contribution in [0.4, 0.5) is 0 Å². The third kappa shape index (κ3) is 1.64. The zero-order chi connectivity index (χ0) is 11.1. The van der Waals surface area contributed by atoms with Crippen molar-refractivity contribution in [2.75, 3.05) is 0 Å². The molecule has 0 aliphatic heterocycles. The Morgan fingerprint density at radius 2 is 1.86 bits per heavy atom. The summed E-state index contributed by atoms with van der Waals surface area (Å²) in [6.07, 6.45) is 0. The molecule has 0 spiro atoms. The molecule has 0 bridgehead atoms. The molecular weight excluding hydrogens is 180 g/mol. The first-order chi connectivity index (χ1) is 6.25. The van der Waals surface area contributed by atoms with Gasteiger partial charge in [-0.3, -0.25) is 4.68 Å². The molecule has 0 aromatic carbocycles. The smallest absolute Gasteiger partial charge is 0.339 e. The van der Waals surface area contributed by atoms with Gasteiger partial charge in [-0.1, -0.05) is 0 Å². The molecule has 0 aliphatic carbocycles. The molecule has 4 nitrogen and oxygen atoms in total. The fourth-order valence-corrected chi connectivity index (χ4v) is 1.61. The van der Waals surface area contributed by atoms with Gasteiger partial charge in [-0.15, -0.1) is 0 Å². The van der Waals surface area contributed by atoms with Gasteiger partial charge < -0.3 is 5.11 Å². The van der Waals surface area contributed by atoms with Crippen molar-refractivity contribution < 1.29 is 9.90 Å². The first kappa shape index (κ1) is 10.8. The van der Waals surface area contributed by atoms with Crippen LogP contribution in [0.2, 0.25) is 0 Å². The monoisotopic (exact) mass is 196 g/mol. The van der Waals surface area contributed by atoms with E-state index in [9.17, 15) is 4.79 Å². The number of aryl methyl sites for hydroxylation is 1. The van der Waals surface area contributed by atoms with Crippen LogP contribution in [0.3, 0.4) is 0 Å². The summed E-state index contributed by atoms with van der Waals surface area (Å²) < 4.78 is 1.76. The molecule has 1 aromatic heterocycles. The number of rotatable bonds is 1. The summed E-state index contributed by atoms with van der Waals surface area (Å²) in [7, 11) is 0. The van der Waals surface area contributed by atoms with Gasteiger partial charge in [0, 0.05) is 0 Å². The number of nitrogens with zero attached hydrogens (tertiary/aromatic N) is 2. The van der Waals surface area contributed by atoms with Crippen LogP contribution in [-0.4, -0.2) is 20.9 Å². The van der Waals surface area contributed by atoms with Crippen molar-refractivity contribution in [1.82, 2.24) is 9.78 Å². The molecule has 1 heterocycles. The molecule has 0 saturated carbocycles. The maximum Gasteiger partial charge on any atom is 0.339 e. The average molecular weight is 196 g/mol. The summed E-state index contributed by atoms with van der Waals surface area (Å²) in [5.74, 6) is -0.907. The predicted molar refractivity (Wildman–Crippen MR) is 53.7 cm³/mol. The van der Waals surface area contributed by atoms with Crippen molar-refractivity contribution in [1.29, 1.82) is 0 Å². The predicted octanol–water partition coefficient (Wildman–Crippen LogP) is 1.95. The highest BCUT2D eigenvalue weighted by atomic mass is 16.4. The zero-order valence-electron chi connectivity index (χ0n) is 9.25. The first-order valence-corrected chi connectivity index (χ1v) is 4.55. The summed E-state index contributed by atoms with van der Waals surface area (Å²) in [4.78, 5) is 10.9. The molecule has 0 amide bonds. The number of aromatic carboxylic acids is 1. The number of hydrogen-bond acceptors (Lipinski definition) is 2. The van der Waals surface area contributed by atoms with Crippen LogP contribution < -0.4 is 0 Å². The standard InChI is InChI=1S/C10H16N2O2/c1-6-8(9(13)14)7(2)12(11-6)10(3,4)5/h1-5H3,(H,13,14). The Labute approximate surface area is 83.5 Å². The second-order valence-corrected chi connectivity index (χ2v) is 4.43. The molecule has 0 fully saturated rings. The lowest BCUT2D eigenvalue weighted by Gasteiger charge is -2.21. The summed E-state index contributed by atoms with van der Waals surface area (Å²) in [6.45, 7) is 9.50. The minimum atomic E-state index is -0.907. The fraction of sp³-hybridized carbons (Fsp3) is 0.600. The van der Waals surface area contributed by atoms with Gasteiger partial charge in [0.1, 0.15) is 5.56 Å². The molecule has 4 heteroatoms. The lowest BCUT2D eigenvalue weighted by molar-refractivity contribution is 0.0695. The van der Waals surface area contributed by atoms with Crippen LogP contribution in [0, 0.1) is 13.8 Å². The molecule has 0 unspecified atom stereocenters. The van der Waals surface area contributed by atoms with E-state index in [4.69, 9.17) is 5.11 Å². The van der Waals surface area contributed by atoms with E-state index in [0.29, 0.717) is 17.0 Å². The Morgan fingerprint density at radius 3 is 2.07 bits per heavy atom. The molecule has 0 radical (unpaired) electrons. The van der Waals surface area contributed by atoms with Crippen LogP contribution in [0.5, 0.6) is 0 Å². The van der Waals surface area contributed by atoms with Crippen molar-refractivity contribution in [3.05, 3.63) is 17.0 Å². The lowest BCUT2D eigenvalue weighted by Crippen LogP contribution is -2.24. The highest BCUT2D eigenvalue weighted by molar-refractivity contribution is 5.90. The minimum absolute atomic E-state index is 0.178. The van der Waals surface area contributed by atoms with E-state index >= 15 is 0 Å². The van der Waals surface area contributed by atoms with Crippen molar-refractivity contribution in [2.24, 2.45) is 0 Å². The van der Waals surface area contributed by atoms with Gasteiger partial charge in [0.15, 0.2) is 0 Å². The Morgan fingerprint density at radius 1 is 1.36 bits per heavy atom. The quantitative estimate of drug-likeness (QED) is 0.747. The highest BCUT2D eigenvalue weighted by Gasteiger charge is 2.23. The van der Waals surface area contributed by atoms with Gasteiger partial charge in [0.25, 0.3) is 0 Å². The van der Waals surface area contributed by atoms with E-state index in [0.717, 1.165) is 0 Å². The van der Waals surface area contributed by atoms with Gasteiger partial charge in [-0.05, 0) is 34.6 Å². The highest BCUT2D eigenvalue weighted by Crippen LogP contribution is 2.20. The van der Waals surface area contributed by atoms with Crippen LogP contribution >= 0.6 is 0 Å². The van der Waals surface area contributed by atoms with Crippen molar-refractivity contribution in [3.8, 4) is 0 Å². The molecule has 0 saturated heterocycles. The summed E-state index contributed by atoms with van der Waals surface area (Å²) in [5, 5.41) is 13.2. The largest absolute Gasteiger partial charge is 0.478 e. The number of carbonyl (C=O) groups is 1. The summed E-state index contributed by atoms with van der Waals surface area (Å²) in [6, 6.07) is 0. The van der Waals surface area contributed by atoms with Gasteiger partial charge in [0.2, 0.25) is 0 Å². The average Bonchev–Trinajstić information content (AvgIpc) is 2.24. The molecule has 0 aliphatic rings. The van der Waals surface area contributed by atoms with E-state index < -0.39 is 5.97 Å². The Kier molecular flexibility index (Phi) is 2.39. The van der Waals surface area contributed by atoms with E-state index in [2.05, 4.69) is 5.10 Å². The van der Waals surface area contributed by atoms with E-state index in [1.807, 2.05) is 20.8 Å². The number of carboxylic acid groups (broad SMARTS) is 1. The number of aromatic nitrogens is 2.